The zero-order valence-electron chi connectivity index (χ0n) is 16.2. The lowest BCUT2D eigenvalue weighted by molar-refractivity contribution is 0.102. The second-order valence-electron chi connectivity index (χ2n) is 6.41. The van der Waals surface area contributed by atoms with Crippen LogP contribution in [0, 0.1) is 12.7 Å². The van der Waals surface area contributed by atoms with Crippen molar-refractivity contribution in [2.24, 2.45) is 0 Å². The monoisotopic (exact) mass is 457 g/mol. The Balaban J connectivity index is 1.82. The van der Waals surface area contributed by atoms with Gasteiger partial charge >= 0.3 is 0 Å². The first-order valence-corrected chi connectivity index (χ1v) is 9.97. The number of aryl methyl sites for hydroxylation is 1. The van der Waals surface area contributed by atoms with Crippen LogP contribution in [-0.4, -0.2) is 12.5 Å². The molecular formula is C23H21BrFNO3. The Labute approximate surface area is 177 Å². The number of rotatable bonds is 7. The van der Waals surface area contributed by atoms with Gasteiger partial charge in [0, 0.05) is 11.3 Å². The van der Waals surface area contributed by atoms with Crippen LogP contribution >= 0.6 is 15.9 Å². The van der Waals surface area contributed by atoms with Gasteiger partial charge in [0.15, 0.2) is 11.5 Å². The van der Waals surface area contributed by atoms with Crippen molar-refractivity contribution in [1.82, 2.24) is 0 Å². The zero-order chi connectivity index (χ0) is 20.8. The fourth-order valence-electron chi connectivity index (χ4n) is 2.76. The van der Waals surface area contributed by atoms with E-state index >= 15 is 0 Å². The van der Waals surface area contributed by atoms with E-state index in [0.717, 1.165) is 5.56 Å². The van der Waals surface area contributed by atoms with Gasteiger partial charge in [-0.3, -0.25) is 4.79 Å². The van der Waals surface area contributed by atoms with Crippen molar-refractivity contribution in [3.05, 3.63) is 87.6 Å². The van der Waals surface area contributed by atoms with E-state index in [1.54, 1.807) is 25.1 Å². The summed E-state index contributed by atoms with van der Waals surface area (Å²) in [7, 11) is 0. The molecular weight excluding hydrogens is 437 g/mol. The van der Waals surface area contributed by atoms with Crippen molar-refractivity contribution in [3.63, 3.8) is 0 Å². The maximum absolute atomic E-state index is 13.4. The average Bonchev–Trinajstić information content (AvgIpc) is 2.71. The summed E-state index contributed by atoms with van der Waals surface area (Å²) in [6.07, 6.45) is 0. The van der Waals surface area contributed by atoms with Crippen LogP contribution in [-0.2, 0) is 6.61 Å². The number of hydrogen-bond donors (Lipinski definition) is 1. The number of carbonyl (C=O) groups is 1. The van der Waals surface area contributed by atoms with E-state index in [1.807, 2.05) is 37.3 Å². The molecule has 0 atom stereocenters. The van der Waals surface area contributed by atoms with Crippen molar-refractivity contribution < 1.29 is 18.7 Å². The second-order valence-corrected chi connectivity index (χ2v) is 7.27. The Morgan fingerprint density at radius 2 is 1.83 bits per heavy atom. The van der Waals surface area contributed by atoms with Crippen LogP contribution in [0.3, 0.4) is 0 Å². The Bertz CT molecular complexity index is 1010. The standard InChI is InChI=1S/C23H21BrFNO3/c1-3-28-21-13-17(23(27)26-18-9-10-20(25)15(2)11-18)12-19(24)22(21)29-14-16-7-5-4-6-8-16/h4-13H,3,14H2,1-2H3,(H,26,27). The molecule has 3 rings (SSSR count). The molecule has 0 aromatic heterocycles. The SMILES string of the molecule is CCOc1cc(C(=O)Nc2ccc(F)c(C)c2)cc(Br)c1OCc1ccccc1. The molecule has 0 aliphatic carbocycles. The predicted molar refractivity (Wildman–Crippen MR) is 115 cm³/mol. The van der Waals surface area contributed by atoms with E-state index in [-0.39, 0.29) is 11.7 Å². The molecule has 0 heterocycles. The first-order valence-electron chi connectivity index (χ1n) is 9.18. The molecule has 0 unspecified atom stereocenters. The minimum Gasteiger partial charge on any atom is -0.490 e. The van der Waals surface area contributed by atoms with Gasteiger partial charge in [0.05, 0.1) is 11.1 Å². The highest BCUT2D eigenvalue weighted by Crippen LogP contribution is 2.37. The lowest BCUT2D eigenvalue weighted by Crippen LogP contribution is -2.13. The van der Waals surface area contributed by atoms with E-state index in [9.17, 15) is 9.18 Å². The van der Waals surface area contributed by atoms with Gasteiger partial charge in [-0.05, 0) is 71.2 Å². The van der Waals surface area contributed by atoms with Crippen molar-refractivity contribution in [1.29, 1.82) is 0 Å². The quantitative estimate of drug-likeness (QED) is 0.464. The van der Waals surface area contributed by atoms with Crippen LogP contribution in [0.4, 0.5) is 10.1 Å². The van der Waals surface area contributed by atoms with Gasteiger partial charge in [-0.15, -0.1) is 0 Å². The molecule has 3 aromatic rings. The molecule has 0 aliphatic rings. The molecule has 0 fully saturated rings. The number of hydrogen-bond acceptors (Lipinski definition) is 3. The summed E-state index contributed by atoms with van der Waals surface area (Å²) in [4.78, 5) is 12.7. The summed E-state index contributed by atoms with van der Waals surface area (Å²) in [5.74, 6) is 0.361. The first-order chi connectivity index (χ1) is 14.0. The van der Waals surface area contributed by atoms with Gasteiger partial charge in [0.1, 0.15) is 12.4 Å². The molecule has 0 saturated heterocycles. The fourth-order valence-corrected chi connectivity index (χ4v) is 3.31. The predicted octanol–water partition coefficient (Wildman–Crippen LogP) is 6.13. The van der Waals surface area contributed by atoms with Crippen LogP contribution in [0.5, 0.6) is 11.5 Å². The van der Waals surface area contributed by atoms with Crippen LogP contribution in [0.2, 0.25) is 0 Å². The van der Waals surface area contributed by atoms with Crippen molar-refractivity contribution in [2.75, 3.05) is 11.9 Å². The first kappa shape index (κ1) is 20.9. The molecule has 4 nitrogen and oxygen atoms in total. The molecule has 0 bridgehead atoms. The summed E-state index contributed by atoms with van der Waals surface area (Å²) in [5.41, 5.74) is 2.40. The molecule has 1 amide bonds. The second kappa shape index (κ2) is 9.56. The van der Waals surface area contributed by atoms with E-state index in [4.69, 9.17) is 9.47 Å². The van der Waals surface area contributed by atoms with Crippen molar-refractivity contribution in [2.45, 2.75) is 20.5 Å². The average molecular weight is 458 g/mol. The number of amides is 1. The third-order valence-corrected chi connectivity index (χ3v) is 4.80. The van der Waals surface area contributed by atoms with Crippen molar-refractivity contribution in [3.8, 4) is 11.5 Å². The zero-order valence-corrected chi connectivity index (χ0v) is 17.8. The molecule has 29 heavy (non-hydrogen) atoms. The summed E-state index contributed by atoms with van der Waals surface area (Å²) < 4.78 is 25.7. The lowest BCUT2D eigenvalue weighted by Gasteiger charge is -2.16. The maximum Gasteiger partial charge on any atom is 0.255 e. The van der Waals surface area contributed by atoms with Crippen LogP contribution in [0.15, 0.2) is 65.1 Å². The highest BCUT2D eigenvalue weighted by molar-refractivity contribution is 9.10. The molecule has 1 N–H and O–H groups in total. The number of carbonyl (C=O) groups excluding carboxylic acids is 1. The lowest BCUT2D eigenvalue weighted by atomic mass is 10.1. The minimum absolute atomic E-state index is 0.315. The molecule has 6 heteroatoms. The molecule has 0 aliphatic heterocycles. The summed E-state index contributed by atoms with van der Waals surface area (Å²) in [5, 5.41) is 2.78. The van der Waals surface area contributed by atoms with E-state index in [1.165, 1.54) is 12.1 Å². The number of nitrogens with one attached hydrogen (secondary N) is 1. The molecule has 0 radical (unpaired) electrons. The Kier molecular flexibility index (Phi) is 6.88. The van der Waals surface area contributed by atoms with E-state index in [0.29, 0.717) is 46.0 Å². The van der Waals surface area contributed by atoms with Crippen LogP contribution in [0.25, 0.3) is 0 Å². The number of benzene rings is 3. The highest BCUT2D eigenvalue weighted by atomic mass is 79.9. The molecule has 150 valence electrons. The normalized spacial score (nSPS) is 10.5. The topological polar surface area (TPSA) is 47.6 Å². The highest BCUT2D eigenvalue weighted by Gasteiger charge is 2.17. The van der Waals surface area contributed by atoms with E-state index < -0.39 is 0 Å². The third kappa shape index (κ3) is 5.35. The summed E-state index contributed by atoms with van der Waals surface area (Å²) >= 11 is 3.48. The van der Waals surface area contributed by atoms with Gasteiger partial charge in [0.2, 0.25) is 0 Å². The minimum atomic E-state index is -0.327. The van der Waals surface area contributed by atoms with Gasteiger partial charge in [0.25, 0.3) is 5.91 Å². The smallest absolute Gasteiger partial charge is 0.255 e. The Hall–Kier alpha value is -2.86. The van der Waals surface area contributed by atoms with E-state index in [2.05, 4.69) is 21.2 Å². The molecule has 0 spiro atoms. The van der Waals surface area contributed by atoms with Crippen LogP contribution in [0.1, 0.15) is 28.4 Å². The van der Waals surface area contributed by atoms with Gasteiger partial charge in [-0.25, -0.2) is 4.39 Å². The summed E-state index contributed by atoms with van der Waals surface area (Å²) in [6.45, 7) is 4.31. The third-order valence-electron chi connectivity index (χ3n) is 4.21. The fraction of sp³-hybridized carbons (Fsp3) is 0.174. The number of anilines is 1. The maximum atomic E-state index is 13.4. The summed E-state index contributed by atoms with van der Waals surface area (Å²) in [6, 6.07) is 17.5. The van der Waals surface area contributed by atoms with Crippen molar-refractivity contribution >= 4 is 27.5 Å². The Morgan fingerprint density at radius 1 is 1.07 bits per heavy atom. The number of ether oxygens (including phenoxy) is 2. The molecule has 3 aromatic carbocycles. The van der Waals surface area contributed by atoms with Gasteiger partial charge < -0.3 is 14.8 Å². The molecule has 0 saturated carbocycles. The van der Waals surface area contributed by atoms with Gasteiger partial charge in [-0.2, -0.15) is 0 Å². The largest absolute Gasteiger partial charge is 0.490 e. The van der Waals surface area contributed by atoms with Gasteiger partial charge in [-0.1, -0.05) is 30.3 Å². The number of halogens is 2. The Morgan fingerprint density at radius 3 is 2.52 bits per heavy atom. The van der Waals surface area contributed by atoms with Crippen LogP contribution < -0.4 is 14.8 Å².